The Balaban J connectivity index is 1.94. The molecule has 2 rings (SSSR count). The highest BCUT2D eigenvalue weighted by Gasteiger charge is 2.19. The summed E-state index contributed by atoms with van der Waals surface area (Å²) in [5.41, 5.74) is 8.44. The summed E-state index contributed by atoms with van der Waals surface area (Å²) in [7, 11) is 0. The van der Waals surface area contributed by atoms with Crippen molar-refractivity contribution in [1.29, 1.82) is 0 Å². The molecule has 0 saturated carbocycles. The van der Waals surface area contributed by atoms with Gasteiger partial charge in [-0.1, -0.05) is 43.3 Å². The van der Waals surface area contributed by atoms with Gasteiger partial charge in [-0.3, -0.25) is 4.79 Å². The van der Waals surface area contributed by atoms with Crippen LogP contribution >= 0.6 is 0 Å². The molecule has 19 heavy (non-hydrogen) atoms. The first kappa shape index (κ1) is 13.8. The number of hydrogen-bond donors (Lipinski definition) is 1. The zero-order chi connectivity index (χ0) is 13.7. The molecular weight excluding hydrogens is 236 g/mol. The van der Waals surface area contributed by atoms with E-state index in [0.29, 0.717) is 13.0 Å². The minimum Gasteiger partial charge on any atom is -0.339 e. The molecule has 0 saturated heterocycles. The van der Waals surface area contributed by atoms with Crippen LogP contribution in [0.3, 0.4) is 0 Å². The number of nitrogens with zero attached hydrogens (tertiary/aromatic N) is 1. The molecule has 1 atom stereocenters. The van der Waals surface area contributed by atoms with Crippen molar-refractivity contribution in [2.24, 2.45) is 5.73 Å². The van der Waals surface area contributed by atoms with Crippen LogP contribution in [-0.4, -0.2) is 29.9 Å². The molecule has 0 radical (unpaired) electrons. The van der Waals surface area contributed by atoms with E-state index in [1.54, 1.807) is 0 Å². The number of nitrogens with two attached hydrogens (primary N) is 1. The SMILES string of the molecule is CCC(N)CC(=O)N1CC=C(c2ccccc2)CC1. The Kier molecular flexibility index (Phi) is 4.74. The van der Waals surface area contributed by atoms with E-state index in [-0.39, 0.29) is 11.9 Å². The normalized spacial score (nSPS) is 16.9. The van der Waals surface area contributed by atoms with Crippen LogP contribution in [-0.2, 0) is 4.79 Å². The molecule has 0 aromatic heterocycles. The van der Waals surface area contributed by atoms with Crippen LogP contribution in [0, 0.1) is 0 Å². The molecule has 1 aromatic carbocycles. The molecule has 1 heterocycles. The minimum atomic E-state index is -0.00741. The quantitative estimate of drug-likeness (QED) is 0.901. The summed E-state index contributed by atoms with van der Waals surface area (Å²) in [4.78, 5) is 13.9. The molecule has 1 aromatic rings. The second-order valence-electron chi connectivity index (χ2n) is 5.06. The summed E-state index contributed by atoms with van der Waals surface area (Å²) < 4.78 is 0. The van der Waals surface area contributed by atoms with E-state index in [2.05, 4.69) is 18.2 Å². The summed E-state index contributed by atoms with van der Waals surface area (Å²) in [5.74, 6) is 0.178. The number of carbonyl (C=O) groups excluding carboxylic acids is 1. The maximum Gasteiger partial charge on any atom is 0.224 e. The Morgan fingerprint density at radius 3 is 2.68 bits per heavy atom. The standard InChI is InChI=1S/C16H22N2O/c1-2-15(17)12-16(19)18-10-8-14(9-11-18)13-6-4-3-5-7-13/h3-8,15H,2,9-12,17H2,1H3. The fourth-order valence-corrected chi connectivity index (χ4v) is 2.31. The van der Waals surface area contributed by atoms with E-state index in [1.165, 1.54) is 11.1 Å². The van der Waals surface area contributed by atoms with Gasteiger partial charge in [0.15, 0.2) is 0 Å². The fourth-order valence-electron chi connectivity index (χ4n) is 2.31. The third-order valence-electron chi connectivity index (χ3n) is 3.67. The molecule has 3 heteroatoms. The zero-order valence-electron chi connectivity index (χ0n) is 11.5. The lowest BCUT2D eigenvalue weighted by atomic mass is 9.99. The second kappa shape index (κ2) is 6.53. The van der Waals surface area contributed by atoms with Crippen LogP contribution in [0.1, 0.15) is 31.7 Å². The van der Waals surface area contributed by atoms with Gasteiger partial charge in [0.1, 0.15) is 0 Å². The van der Waals surface area contributed by atoms with Gasteiger partial charge in [-0.15, -0.1) is 0 Å². The van der Waals surface area contributed by atoms with Crippen molar-refractivity contribution in [3.63, 3.8) is 0 Å². The van der Waals surface area contributed by atoms with E-state index >= 15 is 0 Å². The van der Waals surface area contributed by atoms with Crippen molar-refractivity contribution in [2.45, 2.75) is 32.2 Å². The smallest absolute Gasteiger partial charge is 0.224 e. The van der Waals surface area contributed by atoms with Crippen molar-refractivity contribution < 1.29 is 4.79 Å². The van der Waals surface area contributed by atoms with E-state index in [9.17, 15) is 4.79 Å². The van der Waals surface area contributed by atoms with Crippen LogP contribution in [0.4, 0.5) is 0 Å². The van der Waals surface area contributed by atoms with Crippen molar-refractivity contribution in [3.05, 3.63) is 42.0 Å². The first-order valence-electron chi connectivity index (χ1n) is 6.98. The van der Waals surface area contributed by atoms with Crippen LogP contribution < -0.4 is 5.73 Å². The van der Waals surface area contributed by atoms with Gasteiger partial charge >= 0.3 is 0 Å². The largest absolute Gasteiger partial charge is 0.339 e. The third-order valence-corrected chi connectivity index (χ3v) is 3.67. The summed E-state index contributed by atoms with van der Waals surface area (Å²) in [6.07, 6.45) is 4.40. The third kappa shape index (κ3) is 3.67. The molecule has 2 N–H and O–H groups in total. The number of hydrogen-bond acceptors (Lipinski definition) is 2. The molecule has 1 unspecified atom stereocenters. The van der Waals surface area contributed by atoms with Crippen molar-refractivity contribution in [2.75, 3.05) is 13.1 Å². The summed E-state index contributed by atoms with van der Waals surface area (Å²) in [6.45, 7) is 3.52. The average molecular weight is 258 g/mol. The number of carbonyl (C=O) groups is 1. The molecule has 1 aliphatic heterocycles. The lowest BCUT2D eigenvalue weighted by Gasteiger charge is -2.27. The highest BCUT2D eigenvalue weighted by molar-refractivity contribution is 5.78. The van der Waals surface area contributed by atoms with Gasteiger partial charge < -0.3 is 10.6 Å². The zero-order valence-corrected chi connectivity index (χ0v) is 11.5. The van der Waals surface area contributed by atoms with Gasteiger partial charge in [-0.2, -0.15) is 0 Å². The maximum absolute atomic E-state index is 12.0. The lowest BCUT2D eigenvalue weighted by molar-refractivity contribution is -0.131. The second-order valence-corrected chi connectivity index (χ2v) is 5.06. The van der Waals surface area contributed by atoms with Crippen LogP contribution in [0.25, 0.3) is 5.57 Å². The predicted molar refractivity (Wildman–Crippen MR) is 78.5 cm³/mol. The monoisotopic (exact) mass is 258 g/mol. The van der Waals surface area contributed by atoms with Gasteiger partial charge in [0, 0.05) is 25.6 Å². The Morgan fingerprint density at radius 1 is 1.37 bits per heavy atom. The Labute approximate surface area is 115 Å². The van der Waals surface area contributed by atoms with E-state index in [1.807, 2.05) is 30.0 Å². The number of amides is 1. The highest BCUT2D eigenvalue weighted by Crippen LogP contribution is 2.22. The van der Waals surface area contributed by atoms with Crippen molar-refractivity contribution in [3.8, 4) is 0 Å². The molecule has 1 amide bonds. The average Bonchev–Trinajstić information content (AvgIpc) is 2.48. The molecule has 0 fully saturated rings. The van der Waals surface area contributed by atoms with E-state index in [4.69, 9.17) is 5.73 Å². The molecule has 1 aliphatic rings. The predicted octanol–water partition coefficient (Wildman–Crippen LogP) is 2.43. The van der Waals surface area contributed by atoms with Crippen LogP contribution in [0.2, 0.25) is 0 Å². The Hall–Kier alpha value is -1.61. The lowest BCUT2D eigenvalue weighted by Crippen LogP contribution is -2.38. The van der Waals surface area contributed by atoms with Crippen molar-refractivity contribution >= 4 is 11.5 Å². The fraction of sp³-hybridized carbons (Fsp3) is 0.438. The highest BCUT2D eigenvalue weighted by atomic mass is 16.2. The molecule has 0 spiro atoms. The summed E-state index contributed by atoms with van der Waals surface area (Å²) >= 11 is 0. The van der Waals surface area contributed by atoms with Gasteiger partial charge in [0.25, 0.3) is 0 Å². The maximum atomic E-state index is 12.0. The summed E-state index contributed by atoms with van der Waals surface area (Å²) in [5, 5.41) is 0. The molecule has 0 bridgehead atoms. The van der Waals surface area contributed by atoms with Gasteiger partial charge in [-0.05, 0) is 24.0 Å². The Morgan fingerprint density at radius 2 is 2.11 bits per heavy atom. The summed E-state index contributed by atoms with van der Waals surface area (Å²) in [6, 6.07) is 10.4. The Bertz CT molecular complexity index is 453. The molecule has 0 aliphatic carbocycles. The van der Waals surface area contributed by atoms with Crippen molar-refractivity contribution in [1.82, 2.24) is 4.90 Å². The molecule has 3 nitrogen and oxygen atoms in total. The first-order chi connectivity index (χ1) is 9.20. The number of benzene rings is 1. The van der Waals surface area contributed by atoms with E-state index < -0.39 is 0 Å². The van der Waals surface area contributed by atoms with Gasteiger partial charge in [0.2, 0.25) is 5.91 Å². The number of rotatable bonds is 4. The van der Waals surface area contributed by atoms with Crippen LogP contribution in [0.5, 0.6) is 0 Å². The van der Waals surface area contributed by atoms with Gasteiger partial charge in [-0.25, -0.2) is 0 Å². The van der Waals surface area contributed by atoms with Crippen LogP contribution in [0.15, 0.2) is 36.4 Å². The van der Waals surface area contributed by atoms with E-state index in [0.717, 1.165) is 19.4 Å². The topological polar surface area (TPSA) is 46.3 Å². The molecular formula is C16H22N2O. The minimum absolute atomic E-state index is 0.00741. The first-order valence-corrected chi connectivity index (χ1v) is 6.98. The molecule has 102 valence electrons. The van der Waals surface area contributed by atoms with Gasteiger partial charge in [0.05, 0.1) is 0 Å².